The number of hydrogen-bond donors (Lipinski definition) is 3. The topological polar surface area (TPSA) is 160 Å². The van der Waals surface area contributed by atoms with Crippen molar-refractivity contribution >= 4 is 41.5 Å². The van der Waals surface area contributed by atoms with E-state index in [4.69, 9.17) is 26.8 Å². The van der Waals surface area contributed by atoms with E-state index in [1.807, 2.05) is 24.3 Å². The van der Waals surface area contributed by atoms with Gasteiger partial charge < -0.3 is 30.7 Å². The molecule has 0 spiro atoms. The predicted molar refractivity (Wildman–Crippen MR) is 165 cm³/mol. The number of nitrogens with zero attached hydrogens (tertiary/aromatic N) is 2. The number of fused-ring (bicyclic) bond motifs is 3. The number of carbonyl (C=O) groups is 5. The van der Waals surface area contributed by atoms with Gasteiger partial charge in [0.2, 0.25) is 17.7 Å². The molecule has 1 aliphatic carbocycles. The van der Waals surface area contributed by atoms with Crippen molar-refractivity contribution < 1.29 is 33.4 Å². The van der Waals surface area contributed by atoms with Gasteiger partial charge in [0, 0.05) is 23.9 Å². The van der Waals surface area contributed by atoms with Crippen LogP contribution >= 0.6 is 11.6 Å². The van der Waals surface area contributed by atoms with Gasteiger partial charge in [0.05, 0.1) is 13.1 Å². The van der Waals surface area contributed by atoms with Gasteiger partial charge in [0.25, 0.3) is 0 Å². The standard InChI is InChI=1S/C32H42ClN5O7/c1-31(2,3)45-29(42)35-24-13-8-6-4-5-7-11-20-15-32(20,28(34)41)36-26(39)25-14-21(17-38(25)27(24)40)44-30(43)37-16-19-10-9-12-23(33)22(19)18-37/h7,9-12,20-21,24-25H,4-6,8,13-18H2,1-3H3,(H2,34,41)(H,35,42)(H,36,39)/b11-7-/t20-,21-,24+,25+,32-/m1/s1. The molecule has 5 atom stereocenters. The van der Waals surface area contributed by atoms with Gasteiger partial charge in [-0.05, 0) is 63.6 Å². The van der Waals surface area contributed by atoms with Crippen molar-refractivity contribution in [3.8, 4) is 0 Å². The molecule has 1 saturated heterocycles. The number of primary amides is 1. The first kappa shape index (κ1) is 32.6. The third kappa shape index (κ3) is 7.37. The highest BCUT2D eigenvalue weighted by Gasteiger charge is 2.60. The van der Waals surface area contributed by atoms with Crippen LogP contribution in [0.15, 0.2) is 30.4 Å². The lowest BCUT2D eigenvalue weighted by atomic mass is 10.0. The molecule has 1 aromatic carbocycles. The Balaban J connectivity index is 1.37. The number of carbonyl (C=O) groups excluding carboxylic acids is 5. The van der Waals surface area contributed by atoms with Crippen molar-refractivity contribution in [1.29, 1.82) is 0 Å². The number of alkyl carbamates (subject to hydrolysis) is 1. The number of rotatable bonds is 3. The Hall–Kier alpha value is -3.80. The molecule has 45 heavy (non-hydrogen) atoms. The SMILES string of the molecule is CC(C)(C)OC(=O)N[C@H]1CCCCC/C=C\[C@@H]2C[C@@]2(C(N)=O)NC(=O)[C@@H]2C[C@@H](OC(=O)N3Cc4cccc(Cl)c4C3)CN2C1=O. The largest absolute Gasteiger partial charge is 0.444 e. The third-order valence-electron chi connectivity index (χ3n) is 8.82. The number of ether oxygens (including phenoxy) is 2. The first-order valence-corrected chi connectivity index (χ1v) is 16.0. The second kappa shape index (κ2) is 12.9. The monoisotopic (exact) mass is 643 g/mol. The van der Waals surface area contributed by atoms with Crippen molar-refractivity contribution in [2.45, 2.75) is 108 Å². The summed E-state index contributed by atoms with van der Waals surface area (Å²) in [6.45, 7) is 5.72. The average molecular weight is 644 g/mol. The molecule has 5 rings (SSSR count). The van der Waals surface area contributed by atoms with Crippen molar-refractivity contribution in [3.63, 3.8) is 0 Å². The van der Waals surface area contributed by atoms with Crippen LogP contribution in [-0.4, -0.2) is 75.6 Å². The number of benzene rings is 1. The highest BCUT2D eigenvalue weighted by Crippen LogP contribution is 2.45. The fourth-order valence-corrected chi connectivity index (χ4v) is 6.62. The van der Waals surface area contributed by atoms with Crippen LogP contribution in [0.4, 0.5) is 9.59 Å². The normalized spacial score (nSPS) is 29.2. The lowest BCUT2D eigenvalue weighted by Gasteiger charge is -2.30. The van der Waals surface area contributed by atoms with E-state index < -0.39 is 59.2 Å². The molecule has 12 nitrogen and oxygen atoms in total. The summed E-state index contributed by atoms with van der Waals surface area (Å²) in [5.74, 6) is -1.95. The van der Waals surface area contributed by atoms with Gasteiger partial charge >= 0.3 is 12.2 Å². The molecule has 13 heteroatoms. The maximum atomic E-state index is 14.1. The number of allylic oxidation sites excluding steroid dienone is 1. The van der Waals surface area contributed by atoms with Crippen molar-refractivity contribution in [3.05, 3.63) is 46.5 Å². The molecule has 5 amide bonds. The Labute approximate surface area is 268 Å². The Morgan fingerprint density at radius 3 is 2.62 bits per heavy atom. The molecule has 0 aromatic heterocycles. The van der Waals surface area contributed by atoms with Crippen LogP contribution in [0.5, 0.6) is 0 Å². The lowest BCUT2D eigenvalue weighted by Crippen LogP contribution is -2.57. The van der Waals surface area contributed by atoms with Gasteiger partial charge in [-0.15, -0.1) is 0 Å². The van der Waals surface area contributed by atoms with Crippen LogP contribution in [0.1, 0.15) is 76.8 Å². The van der Waals surface area contributed by atoms with Gasteiger partial charge in [0.1, 0.15) is 29.3 Å². The molecular formula is C32H42ClN5O7. The van der Waals surface area contributed by atoms with Crippen LogP contribution in [-0.2, 0) is 36.9 Å². The van der Waals surface area contributed by atoms with Gasteiger partial charge in [0.15, 0.2) is 0 Å². The van der Waals surface area contributed by atoms with Crippen LogP contribution in [0.3, 0.4) is 0 Å². The second-order valence-electron chi connectivity index (χ2n) is 13.4. The summed E-state index contributed by atoms with van der Waals surface area (Å²) in [4.78, 5) is 69.3. The maximum Gasteiger partial charge on any atom is 0.410 e. The summed E-state index contributed by atoms with van der Waals surface area (Å²) in [5, 5.41) is 6.10. The average Bonchev–Trinajstić information content (AvgIpc) is 3.27. The first-order valence-electron chi connectivity index (χ1n) is 15.6. The van der Waals surface area contributed by atoms with E-state index in [9.17, 15) is 24.0 Å². The second-order valence-corrected chi connectivity index (χ2v) is 13.8. The molecule has 3 aliphatic heterocycles. The Morgan fingerprint density at radius 2 is 1.91 bits per heavy atom. The molecular weight excluding hydrogens is 602 g/mol. The number of nitrogens with two attached hydrogens (primary N) is 1. The maximum absolute atomic E-state index is 14.1. The van der Waals surface area contributed by atoms with Crippen molar-refractivity contribution in [1.82, 2.24) is 20.4 Å². The van der Waals surface area contributed by atoms with E-state index in [0.29, 0.717) is 30.8 Å². The van der Waals surface area contributed by atoms with E-state index in [-0.39, 0.29) is 25.4 Å². The van der Waals surface area contributed by atoms with E-state index in [1.54, 1.807) is 26.8 Å². The summed E-state index contributed by atoms with van der Waals surface area (Å²) in [7, 11) is 0. The van der Waals surface area contributed by atoms with Crippen molar-refractivity contribution in [2.75, 3.05) is 6.54 Å². The predicted octanol–water partition coefficient (Wildman–Crippen LogP) is 3.54. The van der Waals surface area contributed by atoms with E-state index >= 15 is 0 Å². The molecule has 0 bridgehead atoms. The van der Waals surface area contributed by atoms with Gasteiger partial charge in [-0.25, -0.2) is 9.59 Å². The summed E-state index contributed by atoms with van der Waals surface area (Å²) in [6.07, 6.45) is 5.55. The van der Waals surface area contributed by atoms with Crippen molar-refractivity contribution in [2.24, 2.45) is 11.7 Å². The summed E-state index contributed by atoms with van der Waals surface area (Å²) in [5.41, 5.74) is 5.51. The molecule has 3 heterocycles. The zero-order valence-corrected chi connectivity index (χ0v) is 26.7. The van der Waals surface area contributed by atoms with Gasteiger partial charge in [-0.2, -0.15) is 0 Å². The van der Waals surface area contributed by atoms with Crippen LogP contribution in [0.2, 0.25) is 5.02 Å². The Kier molecular flexibility index (Phi) is 9.34. The smallest absolute Gasteiger partial charge is 0.410 e. The molecule has 0 unspecified atom stereocenters. The minimum absolute atomic E-state index is 0.0133. The first-order chi connectivity index (χ1) is 21.3. The molecule has 4 aliphatic rings. The highest BCUT2D eigenvalue weighted by molar-refractivity contribution is 6.31. The zero-order valence-electron chi connectivity index (χ0n) is 26.0. The van der Waals surface area contributed by atoms with E-state index in [0.717, 1.165) is 30.4 Å². The fourth-order valence-electron chi connectivity index (χ4n) is 6.37. The minimum Gasteiger partial charge on any atom is -0.444 e. The lowest BCUT2D eigenvalue weighted by molar-refractivity contribution is -0.141. The summed E-state index contributed by atoms with van der Waals surface area (Å²) < 4.78 is 11.3. The number of nitrogens with one attached hydrogen (secondary N) is 2. The molecule has 4 N–H and O–H groups in total. The highest BCUT2D eigenvalue weighted by atomic mass is 35.5. The number of hydrogen-bond acceptors (Lipinski definition) is 7. The van der Waals surface area contributed by atoms with Crippen LogP contribution in [0.25, 0.3) is 0 Å². The van der Waals surface area contributed by atoms with Crippen LogP contribution < -0.4 is 16.4 Å². The molecule has 1 saturated carbocycles. The minimum atomic E-state index is -1.24. The molecule has 1 aromatic rings. The van der Waals surface area contributed by atoms with Gasteiger partial charge in [-0.3, -0.25) is 19.3 Å². The molecule has 244 valence electrons. The van der Waals surface area contributed by atoms with Gasteiger partial charge in [-0.1, -0.05) is 48.7 Å². The molecule has 0 radical (unpaired) electrons. The van der Waals surface area contributed by atoms with E-state index in [2.05, 4.69) is 10.6 Å². The Bertz CT molecular complexity index is 1390. The quantitative estimate of drug-likeness (QED) is 0.425. The summed E-state index contributed by atoms with van der Waals surface area (Å²) in [6, 6.07) is 3.46. The Morgan fingerprint density at radius 1 is 1.13 bits per heavy atom. The zero-order chi connectivity index (χ0) is 32.5. The van der Waals surface area contributed by atoms with Crippen LogP contribution in [0, 0.1) is 5.92 Å². The van der Waals surface area contributed by atoms with E-state index in [1.165, 1.54) is 9.80 Å². The fraction of sp³-hybridized carbons (Fsp3) is 0.594. The number of halogens is 1. The molecule has 2 fully saturated rings. The number of amides is 5. The summed E-state index contributed by atoms with van der Waals surface area (Å²) >= 11 is 6.33. The third-order valence-corrected chi connectivity index (χ3v) is 9.18.